The zero-order chi connectivity index (χ0) is 22.5. The van der Waals surface area contributed by atoms with Crippen LogP contribution < -0.4 is 5.32 Å². The minimum atomic E-state index is -0.616. The number of hydrogen-bond donors (Lipinski definition) is 1. The van der Waals surface area contributed by atoms with Gasteiger partial charge in [-0.3, -0.25) is 14.4 Å². The summed E-state index contributed by atoms with van der Waals surface area (Å²) in [4.78, 5) is 36.7. The first-order valence-corrected chi connectivity index (χ1v) is 10.8. The van der Waals surface area contributed by atoms with Crippen molar-refractivity contribution in [3.8, 4) is 5.69 Å². The molecule has 0 fully saturated rings. The second-order valence-corrected chi connectivity index (χ2v) is 8.74. The molecule has 0 atom stereocenters. The highest BCUT2D eigenvalue weighted by Gasteiger charge is 2.17. The summed E-state index contributed by atoms with van der Waals surface area (Å²) in [6.45, 7) is 5.21. The lowest BCUT2D eigenvalue weighted by Crippen LogP contribution is -2.21. The zero-order valence-corrected chi connectivity index (χ0v) is 19.0. The topological polar surface area (TPSA) is 90.3 Å². The molecule has 162 valence electrons. The number of thiophene rings is 1. The Morgan fingerprint density at radius 2 is 1.77 bits per heavy atom. The Hall–Kier alpha value is -2.97. The van der Waals surface area contributed by atoms with Crippen LogP contribution in [0.5, 0.6) is 0 Å². The van der Waals surface area contributed by atoms with Crippen molar-refractivity contribution in [2.45, 2.75) is 33.6 Å². The van der Waals surface area contributed by atoms with E-state index in [0.29, 0.717) is 20.6 Å². The summed E-state index contributed by atoms with van der Waals surface area (Å²) >= 11 is 6.97. The highest BCUT2D eigenvalue weighted by atomic mass is 35.5. The van der Waals surface area contributed by atoms with Crippen molar-refractivity contribution >= 4 is 46.3 Å². The number of nitrogens with zero attached hydrogens (tertiary/aromatic N) is 2. The molecule has 0 saturated heterocycles. The van der Waals surface area contributed by atoms with Crippen LogP contribution in [0.2, 0.25) is 4.34 Å². The number of Topliss-reactive ketones (excluding diaryl/α,β-unsaturated/α-hetero) is 1. The lowest BCUT2D eigenvalue weighted by Gasteiger charge is -2.08. The number of anilines is 1. The lowest BCUT2D eigenvalue weighted by molar-refractivity contribution is -0.147. The van der Waals surface area contributed by atoms with Gasteiger partial charge >= 0.3 is 5.97 Å². The van der Waals surface area contributed by atoms with Crippen LogP contribution in [0.4, 0.5) is 5.69 Å². The first-order chi connectivity index (χ1) is 14.7. The summed E-state index contributed by atoms with van der Waals surface area (Å²) in [5.41, 5.74) is 4.02. The van der Waals surface area contributed by atoms with E-state index in [1.54, 1.807) is 23.7 Å². The molecule has 0 aliphatic carbocycles. The monoisotopic (exact) mass is 459 g/mol. The lowest BCUT2D eigenvalue weighted by atomic mass is 10.2. The van der Waals surface area contributed by atoms with Gasteiger partial charge in [-0.25, -0.2) is 4.68 Å². The average Bonchev–Trinajstić information content (AvgIpc) is 3.29. The zero-order valence-electron chi connectivity index (χ0n) is 17.4. The van der Waals surface area contributed by atoms with Crippen molar-refractivity contribution in [2.75, 3.05) is 11.9 Å². The van der Waals surface area contributed by atoms with Crippen LogP contribution in [-0.2, 0) is 14.3 Å². The molecule has 0 unspecified atom stereocenters. The molecule has 3 aromatic rings. The Morgan fingerprint density at radius 3 is 2.42 bits per heavy atom. The molecule has 1 aromatic carbocycles. The number of hydrogen-bond acceptors (Lipinski definition) is 6. The van der Waals surface area contributed by atoms with E-state index in [9.17, 15) is 14.4 Å². The van der Waals surface area contributed by atoms with Gasteiger partial charge < -0.3 is 10.1 Å². The summed E-state index contributed by atoms with van der Waals surface area (Å²) in [7, 11) is 0. The highest BCUT2D eigenvalue weighted by Crippen LogP contribution is 2.24. The molecular formula is C22H22ClN3O4S. The van der Waals surface area contributed by atoms with Crippen LogP contribution >= 0.6 is 22.9 Å². The number of aryl methyl sites for hydroxylation is 2. The van der Waals surface area contributed by atoms with Crippen LogP contribution in [-0.4, -0.2) is 34.0 Å². The fourth-order valence-corrected chi connectivity index (χ4v) is 3.97. The molecule has 0 bridgehead atoms. The van der Waals surface area contributed by atoms with E-state index >= 15 is 0 Å². The van der Waals surface area contributed by atoms with Crippen molar-refractivity contribution in [2.24, 2.45) is 0 Å². The summed E-state index contributed by atoms with van der Waals surface area (Å²) < 4.78 is 7.26. The second kappa shape index (κ2) is 9.89. The molecule has 1 N–H and O–H groups in total. The van der Waals surface area contributed by atoms with Gasteiger partial charge in [-0.05, 0) is 45.0 Å². The van der Waals surface area contributed by atoms with Gasteiger partial charge in [-0.15, -0.1) is 11.3 Å². The maximum absolute atomic E-state index is 12.3. The van der Waals surface area contributed by atoms with E-state index in [4.69, 9.17) is 16.3 Å². The number of carbonyl (C=O) groups is 3. The van der Waals surface area contributed by atoms with E-state index in [0.717, 1.165) is 28.3 Å². The number of esters is 1. The first kappa shape index (κ1) is 22.7. The number of ketones is 1. The van der Waals surface area contributed by atoms with Gasteiger partial charge in [0.1, 0.15) is 0 Å². The third kappa shape index (κ3) is 5.80. The maximum Gasteiger partial charge on any atom is 0.306 e. The third-order valence-electron chi connectivity index (χ3n) is 4.60. The van der Waals surface area contributed by atoms with E-state index < -0.39 is 18.5 Å². The van der Waals surface area contributed by atoms with Crippen LogP contribution in [0.3, 0.4) is 0 Å². The number of carbonyl (C=O) groups excluding carboxylic acids is 3. The van der Waals surface area contributed by atoms with Gasteiger partial charge in [0.2, 0.25) is 0 Å². The summed E-state index contributed by atoms with van der Waals surface area (Å²) in [5, 5.41) is 7.24. The average molecular weight is 460 g/mol. The predicted octanol–water partition coefficient (Wildman–Crippen LogP) is 4.66. The minimum Gasteiger partial charge on any atom is -0.456 e. The van der Waals surface area contributed by atoms with E-state index in [1.807, 2.05) is 38.1 Å². The van der Waals surface area contributed by atoms with Crippen LogP contribution in [0, 0.1) is 20.8 Å². The van der Waals surface area contributed by atoms with E-state index in [-0.39, 0.29) is 18.6 Å². The van der Waals surface area contributed by atoms with Crippen molar-refractivity contribution in [1.29, 1.82) is 0 Å². The molecule has 0 radical (unpaired) electrons. The van der Waals surface area contributed by atoms with Crippen molar-refractivity contribution in [3.63, 3.8) is 0 Å². The quantitative estimate of drug-likeness (QED) is 0.391. The molecule has 2 aromatic heterocycles. The molecule has 7 nitrogen and oxygen atoms in total. The standard InChI is InChI=1S/C22H22ClN3O4S/c1-13-4-6-16(7-5-13)26-15(3)22(14(2)25-26)24-20(28)12-30-21(29)11-8-17(27)18-9-10-19(23)31-18/h4-7,9-10H,8,11-12H2,1-3H3,(H,24,28). The molecule has 0 aliphatic rings. The number of benzene rings is 1. The van der Waals surface area contributed by atoms with Gasteiger partial charge in [0.25, 0.3) is 5.91 Å². The molecule has 0 saturated carbocycles. The van der Waals surface area contributed by atoms with Crippen molar-refractivity contribution < 1.29 is 19.1 Å². The van der Waals surface area contributed by atoms with Gasteiger partial charge in [-0.2, -0.15) is 5.10 Å². The maximum atomic E-state index is 12.3. The molecule has 31 heavy (non-hydrogen) atoms. The fourth-order valence-electron chi connectivity index (χ4n) is 2.96. The predicted molar refractivity (Wildman–Crippen MR) is 120 cm³/mol. The highest BCUT2D eigenvalue weighted by molar-refractivity contribution is 7.18. The van der Waals surface area contributed by atoms with Gasteiger partial charge in [0, 0.05) is 6.42 Å². The molecule has 1 amide bonds. The van der Waals surface area contributed by atoms with Crippen molar-refractivity contribution in [3.05, 3.63) is 62.6 Å². The Labute approximate surface area is 189 Å². The summed E-state index contributed by atoms with van der Waals surface area (Å²) in [5.74, 6) is -1.28. The fraction of sp³-hybridized carbons (Fsp3) is 0.273. The largest absolute Gasteiger partial charge is 0.456 e. The summed E-state index contributed by atoms with van der Waals surface area (Å²) in [6.07, 6.45) is -0.107. The first-order valence-electron chi connectivity index (χ1n) is 9.62. The number of halogens is 1. The number of rotatable bonds is 8. The van der Waals surface area contributed by atoms with Crippen LogP contribution in [0.25, 0.3) is 5.69 Å². The Kier molecular flexibility index (Phi) is 7.25. The number of aromatic nitrogens is 2. The number of nitrogens with one attached hydrogen (secondary N) is 1. The molecule has 2 heterocycles. The van der Waals surface area contributed by atoms with Gasteiger partial charge in [0.05, 0.1) is 38.4 Å². The number of amides is 1. The third-order valence-corrected chi connectivity index (χ3v) is 5.87. The van der Waals surface area contributed by atoms with Crippen LogP contribution in [0.1, 0.15) is 39.5 Å². The van der Waals surface area contributed by atoms with E-state index in [1.165, 1.54) is 0 Å². The Balaban J connectivity index is 1.52. The Bertz CT molecular complexity index is 1120. The van der Waals surface area contributed by atoms with Gasteiger partial charge in [0.15, 0.2) is 12.4 Å². The van der Waals surface area contributed by atoms with Crippen molar-refractivity contribution in [1.82, 2.24) is 9.78 Å². The smallest absolute Gasteiger partial charge is 0.306 e. The van der Waals surface area contributed by atoms with Gasteiger partial charge in [-0.1, -0.05) is 29.3 Å². The Morgan fingerprint density at radius 1 is 1.06 bits per heavy atom. The molecule has 9 heteroatoms. The molecule has 0 spiro atoms. The SMILES string of the molecule is Cc1ccc(-n2nc(C)c(NC(=O)COC(=O)CCC(=O)c3ccc(Cl)s3)c2C)cc1. The summed E-state index contributed by atoms with van der Waals surface area (Å²) in [6, 6.07) is 11.1. The number of ether oxygens (including phenoxy) is 1. The van der Waals surface area contributed by atoms with Crippen LogP contribution in [0.15, 0.2) is 36.4 Å². The second-order valence-electron chi connectivity index (χ2n) is 7.03. The molecular weight excluding hydrogens is 438 g/mol. The molecule has 3 rings (SSSR count). The minimum absolute atomic E-state index is 0.00116. The van der Waals surface area contributed by atoms with E-state index in [2.05, 4.69) is 10.4 Å². The normalized spacial score (nSPS) is 10.7. The molecule has 0 aliphatic heterocycles.